The van der Waals surface area contributed by atoms with Crippen molar-refractivity contribution in [2.24, 2.45) is 0 Å². The summed E-state index contributed by atoms with van der Waals surface area (Å²) in [6.07, 6.45) is 0.0848. The molecule has 8 nitrogen and oxygen atoms in total. The molecule has 0 N–H and O–H groups in total. The third-order valence-electron chi connectivity index (χ3n) is 5.23. The summed E-state index contributed by atoms with van der Waals surface area (Å²) in [5.74, 6) is 0.844. The number of hydrogen-bond donors (Lipinski definition) is 0. The lowest BCUT2D eigenvalue weighted by atomic mass is 10.1. The van der Waals surface area contributed by atoms with E-state index in [1.807, 2.05) is 51.1 Å². The Morgan fingerprint density at radius 1 is 1.00 bits per heavy atom. The fraction of sp³-hybridized carbons (Fsp3) is 0.500. The molecular formula is C22H28N4O4. The summed E-state index contributed by atoms with van der Waals surface area (Å²) in [6.45, 7) is 8.56. The molecule has 0 saturated carbocycles. The molecule has 160 valence electrons. The molecule has 3 heterocycles. The zero-order valence-electron chi connectivity index (χ0n) is 17.8. The van der Waals surface area contributed by atoms with E-state index in [9.17, 15) is 9.59 Å². The second-order valence-electron chi connectivity index (χ2n) is 8.69. The van der Waals surface area contributed by atoms with Crippen molar-refractivity contribution in [3.63, 3.8) is 0 Å². The molecule has 0 saturated heterocycles. The van der Waals surface area contributed by atoms with Crippen LogP contribution in [-0.2, 0) is 42.1 Å². The van der Waals surface area contributed by atoms with Gasteiger partial charge in [-0.15, -0.1) is 0 Å². The minimum absolute atomic E-state index is 0.258. The molecule has 1 aromatic carbocycles. The third-order valence-corrected chi connectivity index (χ3v) is 5.23. The fourth-order valence-electron chi connectivity index (χ4n) is 3.80. The van der Waals surface area contributed by atoms with Gasteiger partial charge in [-0.25, -0.2) is 14.6 Å². The summed E-state index contributed by atoms with van der Waals surface area (Å²) in [5, 5.41) is 0. The molecule has 0 radical (unpaired) electrons. The highest BCUT2D eigenvalue weighted by Gasteiger charge is 2.32. The standard InChI is InChI=1S/C22H28N4O4/c1-22(2,3)30-21(28)25-11-12-26-18-9-10-24(13-17(18)23-19(26)14-25)20(27)29-15-16-7-5-4-6-8-16/h4-8H,9-15H2,1-3H3. The first-order valence-corrected chi connectivity index (χ1v) is 10.3. The summed E-state index contributed by atoms with van der Waals surface area (Å²) >= 11 is 0. The van der Waals surface area contributed by atoms with E-state index < -0.39 is 5.60 Å². The molecule has 4 rings (SSSR count). The van der Waals surface area contributed by atoms with E-state index in [1.54, 1.807) is 9.80 Å². The van der Waals surface area contributed by atoms with Crippen molar-refractivity contribution in [3.05, 3.63) is 53.1 Å². The molecule has 2 aromatic rings. The van der Waals surface area contributed by atoms with Crippen molar-refractivity contribution in [1.29, 1.82) is 0 Å². The van der Waals surface area contributed by atoms with Crippen molar-refractivity contribution < 1.29 is 19.1 Å². The minimum Gasteiger partial charge on any atom is -0.445 e. The van der Waals surface area contributed by atoms with Crippen LogP contribution in [0.2, 0.25) is 0 Å². The van der Waals surface area contributed by atoms with Crippen molar-refractivity contribution in [3.8, 4) is 0 Å². The maximum Gasteiger partial charge on any atom is 0.410 e. The fourth-order valence-corrected chi connectivity index (χ4v) is 3.80. The van der Waals surface area contributed by atoms with Gasteiger partial charge in [-0.3, -0.25) is 4.90 Å². The zero-order valence-corrected chi connectivity index (χ0v) is 17.8. The second kappa shape index (κ2) is 8.01. The lowest BCUT2D eigenvalue weighted by Gasteiger charge is -2.31. The van der Waals surface area contributed by atoms with Crippen LogP contribution in [0.4, 0.5) is 9.59 Å². The van der Waals surface area contributed by atoms with E-state index in [-0.39, 0.29) is 18.8 Å². The van der Waals surface area contributed by atoms with E-state index in [0.29, 0.717) is 32.7 Å². The van der Waals surface area contributed by atoms with Gasteiger partial charge in [0.05, 0.1) is 18.8 Å². The topological polar surface area (TPSA) is 76.9 Å². The van der Waals surface area contributed by atoms with Gasteiger partial charge in [0.1, 0.15) is 18.0 Å². The van der Waals surface area contributed by atoms with Crippen LogP contribution in [0.3, 0.4) is 0 Å². The summed E-state index contributed by atoms with van der Waals surface area (Å²) in [5.41, 5.74) is 2.48. The number of fused-ring (bicyclic) bond motifs is 3. The Morgan fingerprint density at radius 2 is 1.73 bits per heavy atom. The molecule has 2 aliphatic rings. The van der Waals surface area contributed by atoms with Gasteiger partial charge in [0.15, 0.2) is 0 Å². The van der Waals surface area contributed by atoms with Crippen molar-refractivity contribution in [2.75, 3.05) is 13.1 Å². The van der Waals surface area contributed by atoms with Crippen LogP contribution < -0.4 is 0 Å². The Kier molecular flexibility index (Phi) is 5.40. The van der Waals surface area contributed by atoms with Crippen LogP contribution in [-0.4, -0.2) is 50.2 Å². The van der Waals surface area contributed by atoms with Crippen LogP contribution in [0, 0.1) is 0 Å². The average molecular weight is 412 g/mol. The average Bonchev–Trinajstić information content (AvgIpc) is 3.08. The lowest BCUT2D eigenvalue weighted by Crippen LogP contribution is -2.42. The van der Waals surface area contributed by atoms with Gasteiger partial charge in [-0.05, 0) is 26.3 Å². The summed E-state index contributed by atoms with van der Waals surface area (Å²) in [4.78, 5) is 33.0. The largest absolute Gasteiger partial charge is 0.445 e. The SMILES string of the molecule is CC(C)(C)OC(=O)N1CCn2c(nc3c2CCN(C(=O)OCc2ccccc2)C3)C1. The van der Waals surface area contributed by atoms with E-state index >= 15 is 0 Å². The Labute approximate surface area is 176 Å². The summed E-state index contributed by atoms with van der Waals surface area (Å²) in [7, 11) is 0. The van der Waals surface area contributed by atoms with Crippen LogP contribution >= 0.6 is 0 Å². The highest BCUT2D eigenvalue weighted by atomic mass is 16.6. The van der Waals surface area contributed by atoms with E-state index in [1.165, 1.54) is 0 Å². The minimum atomic E-state index is -0.524. The molecule has 30 heavy (non-hydrogen) atoms. The molecule has 8 heteroatoms. The van der Waals surface area contributed by atoms with Crippen LogP contribution in [0.15, 0.2) is 30.3 Å². The van der Waals surface area contributed by atoms with Gasteiger partial charge < -0.3 is 18.9 Å². The second-order valence-corrected chi connectivity index (χ2v) is 8.69. The van der Waals surface area contributed by atoms with Gasteiger partial charge >= 0.3 is 12.2 Å². The van der Waals surface area contributed by atoms with Crippen LogP contribution in [0.25, 0.3) is 0 Å². The molecule has 1 aromatic heterocycles. The number of aromatic nitrogens is 2. The maximum absolute atomic E-state index is 12.5. The molecule has 0 aliphatic carbocycles. The van der Waals surface area contributed by atoms with Gasteiger partial charge in [-0.2, -0.15) is 0 Å². The first-order valence-electron chi connectivity index (χ1n) is 10.3. The number of carbonyl (C=O) groups is 2. The number of rotatable bonds is 2. The maximum atomic E-state index is 12.5. The normalized spacial score (nSPS) is 16.0. The predicted octanol–water partition coefficient (Wildman–Crippen LogP) is 3.33. The molecule has 0 fully saturated rings. The smallest absolute Gasteiger partial charge is 0.410 e. The number of ether oxygens (including phenoxy) is 2. The molecule has 2 amide bonds. The van der Waals surface area contributed by atoms with Gasteiger partial charge in [0.25, 0.3) is 0 Å². The molecule has 0 atom stereocenters. The Balaban J connectivity index is 1.39. The number of amides is 2. The van der Waals surface area contributed by atoms with Crippen molar-refractivity contribution >= 4 is 12.2 Å². The third kappa shape index (κ3) is 4.42. The monoisotopic (exact) mass is 412 g/mol. The van der Waals surface area contributed by atoms with E-state index in [2.05, 4.69) is 4.57 Å². The van der Waals surface area contributed by atoms with Gasteiger partial charge in [0.2, 0.25) is 0 Å². The highest BCUT2D eigenvalue weighted by Crippen LogP contribution is 2.25. The molecule has 0 unspecified atom stereocenters. The quantitative estimate of drug-likeness (QED) is 0.756. The summed E-state index contributed by atoms with van der Waals surface area (Å²) < 4.78 is 13.1. The Morgan fingerprint density at radius 3 is 2.47 bits per heavy atom. The predicted molar refractivity (Wildman–Crippen MR) is 110 cm³/mol. The number of carbonyl (C=O) groups excluding carboxylic acids is 2. The first kappa shape index (κ1) is 20.3. The zero-order chi connectivity index (χ0) is 21.3. The lowest BCUT2D eigenvalue weighted by molar-refractivity contribution is 0.0194. The first-order chi connectivity index (χ1) is 14.3. The molecule has 0 bridgehead atoms. The van der Waals surface area contributed by atoms with E-state index in [0.717, 1.165) is 29.2 Å². The highest BCUT2D eigenvalue weighted by molar-refractivity contribution is 5.69. The van der Waals surface area contributed by atoms with E-state index in [4.69, 9.17) is 14.5 Å². The van der Waals surface area contributed by atoms with Gasteiger partial charge in [-0.1, -0.05) is 30.3 Å². The number of hydrogen-bond acceptors (Lipinski definition) is 5. The Bertz CT molecular complexity index is 933. The van der Waals surface area contributed by atoms with Crippen molar-refractivity contribution in [1.82, 2.24) is 19.4 Å². The molecule has 2 aliphatic heterocycles. The number of nitrogens with zero attached hydrogens (tertiary/aromatic N) is 4. The van der Waals surface area contributed by atoms with Crippen molar-refractivity contribution in [2.45, 2.75) is 59.0 Å². The molecule has 0 spiro atoms. The summed E-state index contributed by atoms with van der Waals surface area (Å²) in [6, 6.07) is 9.64. The van der Waals surface area contributed by atoms with Crippen LogP contribution in [0.5, 0.6) is 0 Å². The number of benzene rings is 1. The van der Waals surface area contributed by atoms with Gasteiger partial charge in [0, 0.05) is 31.7 Å². The Hall–Kier alpha value is -3.03. The molecular weight excluding hydrogens is 384 g/mol. The number of imidazole rings is 1. The van der Waals surface area contributed by atoms with Crippen LogP contribution in [0.1, 0.15) is 43.5 Å².